The third kappa shape index (κ3) is 6.87. The van der Waals surface area contributed by atoms with Crippen molar-refractivity contribution >= 4 is 23.5 Å². The molecule has 1 aliphatic rings. The van der Waals surface area contributed by atoms with Gasteiger partial charge in [-0.05, 0) is 45.2 Å². The predicted octanol–water partition coefficient (Wildman–Crippen LogP) is 4.41. The average Bonchev–Trinajstić information content (AvgIpc) is 2.66. The van der Waals surface area contributed by atoms with E-state index in [-0.39, 0.29) is 0 Å². The number of rotatable bonds is 5. The number of benzene rings is 1. The van der Waals surface area contributed by atoms with Crippen LogP contribution in [-0.2, 0) is 16.0 Å². The fourth-order valence-electron chi connectivity index (χ4n) is 2.98. The summed E-state index contributed by atoms with van der Waals surface area (Å²) >= 11 is 6.23. The number of ether oxygens (including phenoxy) is 2. The van der Waals surface area contributed by atoms with E-state index in [1.165, 1.54) is 0 Å². The molecular formula is C21H27ClN4O3. The van der Waals surface area contributed by atoms with Crippen LogP contribution >= 0.6 is 11.6 Å². The fourth-order valence-corrected chi connectivity index (χ4v) is 3.16. The molecule has 1 aliphatic heterocycles. The summed E-state index contributed by atoms with van der Waals surface area (Å²) in [4.78, 5) is 20.9. The molecular weight excluding hydrogens is 392 g/mol. The second-order valence-corrected chi connectivity index (χ2v) is 8.37. The van der Waals surface area contributed by atoms with E-state index < -0.39 is 11.7 Å². The van der Waals surface area contributed by atoms with Crippen molar-refractivity contribution in [3.63, 3.8) is 0 Å². The van der Waals surface area contributed by atoms with Gasteiger partial charge in [0.15, 0.2) is 5.82 Å². The van der Waals surface area contributed by atoms with E-state index in [2.05, 4.69) is 20.6 Å². The topological polar surface area (TPSA) is 85.4 Å². The molecule has 0 aliphatic carbocycles. The van der Waals surface area contributed by atoms with Gasteiger partial charge < -0.3 is 20.1 Å². The molecule has 2 N–H and O–H groups in total. The molecule has 0 atom stereocenters. The number of nitrogens with zero attached hydrogens (tertiary/aromatic N) is 2. The zero-order chi connectivity index (χ0) is 20.9. The Morgan fingerprint density at radius 2 is 2.00 bits per heavy atom. The summed E-state index contributed by atoms with van der Waals surface area (Å²) in [6, 6.07) is 9.72. The summed E-state index contributed by atoms with van der Waals surface area (Å²) in [5, 5.41) is 6.55. The summed E-state index contributed by atoms with van der Waals surface area (Å²) in [5.41, 5.74) is 1.20. The molecule has 0 unspecified atom stereocenters. The lowest BCUT2D eigenvalue weighted by Gasteiger charge is -2.23. The van der Waals surface area contributed by atoms with Crippen LogP contribution in [-0.4, -0.2) is 40.9 Å². The lowest BCUT2D eigenvalue weighted by molar-refractivity contribution is 0.0523. The highest BCUT2D eigenvalue weighted by atomic mass is 35.5. The first-order valence-electron chi connectivity index (χ1n) is 9.73. The van der Waals surface area contributed by atoms with Gasteiger partial charge in [-0.1, -0.05) is 29.8 Å². The second kappa shape index (κ2) is 9.41. The largest absolute Gasteiger partial charge is 0.444 e. The molecule has 1 fully saturated rings. The van der Waals surface area contributed by atoms with Crippen LogP contribution < -0.4 is 10.6 Å². The van der Waals surface area contributed by atoms with Crippen molar-refractivity contribution in [2.45, 2.75) is 51.8 Å². The van der Waals surface area contributed by atoms with E-state index in [0.717, 1.165) is 37.2 Å². The molecule has 0 saturated carbocycles. The molecule has 0 radical (unpaired) electrons. The number of hydrogen-bond donors (Lipinski definition) is 2. The van der Waals surface area contributed by atoms with Crippen molar-refractivity contribution in [1.82, 2.24) is 15.3 Å². The number of carbonyl (C=O) groups excluding carboxylic acids is 1. The Morgan fingerprint density at radius 1 is 1.24 bits per heavy atom. The van der Waals surface area contributed by atoms with E-state index >= 15 is 0 Å². The fraction of sp³-hybridized carbons (Fsp3) is 0.476. The first-order chi connectivity index (χ1) is 13.8. The molecule has 2 heterocycles. The third-order valence-electron chi connectivity index (χ3n) is 4.29. The minimum Gasteiger partial charge on any atom is -0.444 e. The van der Waals surface area contributed by atoms with Gasteiger partial charge in [-0.25, -0.2) is 14.8 Å². The van der Waals surface area contributed by atoms with E-state index in [4.69, 9.17) is 21.1 Å². The number of aromatic nitrogens is 2. The van der Waals surface area contributed by atoms with E-state index in [1.807, 2.05) is 45.0 Å². The van der Waals surface area contributed by atoms with Crippen LogP contribution in [0.2, 0.25) is 5.15 Å². The first kappa shape index (κ1) is 21.3. The van der Waals surface area contributed by atoms with Gasteiger partial charge in [-0.2, -0.15) is 0 Å². The van der Waals surface area contributed by atoms with Crippen molar-refractivity contribution in [1.29, 1.82) is 0 Å². The molecule has 1 amide bonds. The van der Waals surface area contributed by atoms with E-state index in [1.54, 1.807) is 6.07 Å². The van der Waals surface area contributed by atoms with Crippen LogP contribution in [0, 0.1) is 0 Å². The van der Waals surface area contributed by atoms with Crippen LogP contribution in [0.1, 0.15) is 39.2 Å². The summed E-state index contributed by atoms with van der Waals surface area (Å²) in [5.74, 6) is 1.23. The zero-order valence-electron chi connectivity index (χ0n) is 17.0. The second-order valence-electron chi connectivity index (χ2n) is 7.99. The Balaban J connectivity index is 1.70. The Labute approximate surface area is 176 Å². The monoisotopic (exact) mass is 418 g/mol. The van der Waals surface area contributed by atoms with Crippen molar-refractivity contribution < 1.29 is 14.3 Å². The molecule has 0 spiro atoms. The number of alkyl carbamates (subject to hydrolysis) is 1. The van der Waals surface area contributed by atoms with Crippen LogP contribution in [0.4, 0.5) is 10.6 Å². The van der Waals surface area contributed by atoms with Crippen LogP contribution in [0.5, 0.6) is 0 Å². The summed E-state index contributed by atoms with van der Waals surface area (Å²) < 4.78 is 10.7. The number of hydrogen-bond acceptors (Lipinski definition) is 6. The van der Waals surface area contributed by atoms with Crippen molar-refractivity contribution in [2.75, 3.05) is 18.5 Å². The molecule has 1 aromatic heterocycles. The maximum atomic E-state index is 11.9. The SMILES string of the molecule is CC(C)(C)OC(=O)NCc1cccc(-c2nc(Cl)cc(NC3CCOCC3)n2)c1. The number of amides is 1. The minimum absolute atomic E-state index is 0.312. The summed E-state index contributed by atoms with van der Waals surface area (Å²) in [6.45, 7) is 7.32. The van der Waals surface area contributed by atoms with Crippen molar-refractivity contribution in [3.05, 3.63) is 41.0 Å². The Kier molecular flexibility index (Phi) is 6.92. The van der Waals surface area contributed by atoms with Gasteiger partial charge in [0, 0.05) is 37.4 Å². The lowest BCUT2D eigenvalue weighted by Crippen LogP contribution is -2.32. The van der Waals surface area contributed by atoms with Gasteiger partial charge in [0.2, 0.25) is 0 Å². The quantitative estimate of drug-likeness (QED) is 0.699. The molecule has 7 nitrogen and oxygen atoms in total. The summed E-state index contributed by atoms with van der Waals surface area (Å²) in [7, 11) is 0. The molecule has 0 bridgehead atoms. The molecule has 8 heteroatoms. The maximum Gasteiger partial charge on any atom is 0.407 e. The van der Waals surface area contributed by atoms with E-state index in [0.29, 0.717) is 29.4 Å². The van der Waals surface area contributed by atoms with Gasteiger partial charge in [-0.15, -0.1) is 0 Å². The molecule has 3 rings (SSSR count). The van der Waals surface area contributed by atoms with Gasteiger partial charge in [0.05, 0.1) is 0 Å². The molecule has 156 valence electrons. The van der Waals surface area contributed by atoms with Crippen molar-refractivity contribution in [3.8, 4) is 11.4 Å². The Hall–Kier alpha value is -2.38. The predicted molar refractivity (Wildman–Crippen MR) is 113 cm³/mol. The standard InChI is InChI=1S/C21H27ClN4O3/c1-21(2,3)29-20(27)23-13-14-5-4-6-15(11-14)19-25-17(22)12-18(26-19)24-16-7-9-28-10-8-16/h4-6,11-12,16H,7-10,13H2,1-3H3,(H,23,27)(H,24,25,26). The minimum atomic E-state index is -0.533. The Bertz CT molecular complexity index is 848. The Morgan fingerprint density at radius 3 is 2.72 bits per heavy atom. The van der Waals surface area contributed by atoms with Gasteiger partial charge in [0.1, 0.15) is 16.6 Å². The van der Waals surface area contributed by atoms with Gasteiger partial charge in [0.25, 0.3) is 0 Å². The smallest absolute Gasteiger partial charge is 0.407 e. The molecule has 29 heavy (non-hydrogen) atoms. The summed E-state index contributed by atoms with van der Waals surface area (Å²) in [6.07, 6.45) is 1.41. The zero-order valence-corrected chi connectivity index (χ0v) is 17.8. The highest BCUT2D eigenvalue weighted by molar-refractivity contribution is 6.29. The molecule has 1 saturated heterocycles. The van der Waals surface area contributed by atoms with Crippen molar-refractivity contribution in [2.24, 2.45) is 0 Å². The highest BCUT2D eigenvalue weighted by Crippen LogP contribution is 2.23. The van der Waals surface area contributed by atoms with E-state index in [9.17, 15) is 4.79 Å². The normalized spacial score (nSPS) is 15.0. The third-order valence-corrected chi connectivity index (χ3v) is 4.48. The number of nitrogens with one attached hydrogen (secondary N) is 2. The molecule has 1 aromatic carbocycles. The maximum absolute atomic E-state index is 11.9. The lowest BCUT2D eigenvalue weighted by atomic mass is 10.1. The molecule has 2 aromatic rings. The van der Waals surface area contributed by atoms with Gasteiger partial charge >= 0.3 is 6.09 Å². The first-order valence-corrected chi connectivity index (χ1v) is 10.1. The van der Waals surface area contributed by atoms with Crippen LogP contribution in [0.25, 0.3) is 11.4 Å². The van der Waals surface area contributed by atoms with Gasteiger partial charge in [-0.3, -0.25) is 0 Å². The number of carbonyl (C=O) groups is 1. The number of halogens is 1. The van der Waals surface area contributed by atoms with Crippen LogP contribution in [0.15, 0.2) is 30.3 Å². The number of anilines is 1. The average molecular weight is 419 g/mol. The highest BCUT2D eigenvalue weighted by Gasteiger charge is 2.17. The van der Waals surface area contributed by atoms with Crippen LogP contribution in [0.3, 0.4) is 0 Å².